The van der Waals surface area contributed by atoms with Crippen molar-refractivity contribution < 1.29 is 10.0 Å². The van der Waals surface area contributed by atoms with Gasteiger partial charge in [-0.15, -0.1) is 0 Å². The molecule has 3 heteroatoms. The van der Waals surface area contributed by atoms with Crippen LogP contribution in [0.15, 0.2) is 5.16 Å². The molecule has 2 fully saturated rings. The molecule has 0 aromatic carbocycles. The van der Waals surface area contributed by atoms with Crippen molar-refractivity contribution in [2.75, 3.05) is 0 Å². The van der Waals surface area contributed by atoms with E-state index in [-0.39, 0.29) is 11.8 Å². The summed E-state index contributed by atoms with van der Waals surface area (Å²) in [5.74, 6) is 0.825. The summed E-state index contributed by atoms with van der Waals surface area (Å²) in [5, 5.41) is 12.1. The Morgan fingerprint density at radius 2 is 1.85 bits per heavy atom. The van der Waals surface area contributed by atoms with E-state index in [2.05, 4.69) is 5.16 Å². The summed E-state index contributed by atoms with van der Waals surface area (Å²) in [6.45, 7) is 0. The molecule has 13 heavy (non-hydrogen) atoms. The molecule has 0 aliphatic heterocycles. The molecular formula is C10H15NO2. The normalized spacial score (nSPS) is 37.5. The zero-order chi connectivity index (χ0) is 9.26. The number of hydrogen-bond donors (Lipinski definition) is 1. The lowest BCUT2D eigenvalue weighted by Crippen LogP contribution is -2.37. The molecular weight excluding hydrogens is 166 g/mol. The quantitative estimate of drug-likeness (QED) is 0.459. The molecule has 0 aromatic heterocycles. The van der Waals surface area contributed by atoms with Crippen LogP contribution in [0, 0.1) is 11.8 Å². The smallest absolute Gasteiger partial charge is 0.136 e. The van der Waals surface area contributed by atoms with Crippen molar-refractivity contribution in [2.24, 2.45) is 17.0 Å². The fourth-order valence-electron chi connectivity index (χ4n) is 2.68. The lowest BCUT2D eigenvalue weighted by molar-refractivity contribution is -0.126. The van der Waals surface area contributed by atoms with Gasteiger partial charge in [0.25, 0.3) is 0 Å². The Morgan fingerprint density at radius 3 is 2.62 bits per heavy atom. The van der Waals surface area contributed by atoms with E-state index in [1.165, 1.54) is 0 Å². The highest BCUT2D eigenvalue weighted by Gasteiger charge is 2.37. The van der Waals surface area contributed by atoms with Gasteiger partial charge in [-0.25, -0.2) is 0 Å². The van der Waals surface area contributed by atoms with Crippen LogP contribution >= 0.6 is 0 Å². The van der Waals surface area contributed by atoms with Gasteiger partial charge in [-0.1, -0.05) is 5.16 Å². The van der Waals surface area contributed by atoms with E-state index in [9.17, 15) is 4.79 Å². The van der Waals surface area contributed by atoms with Crippen molar-refractivity contribution in [3.63, 3.8) is 0 Å². The van der Waals surface area contributed by atoms with E-state index in [1.54, 1.807) is 0 Å². The first-order chi connectivity index (χ1) is 6.33. The van der Waals surface area contributed by atoms with E-state index in [4.69, 9.17) is 5.21 Å². The first kappa shape index (κ1) is 8.73. The van der Waals surface area contributed by atoms with Gasteiger partial charge in [0.05, 0.1) is 5.71 Å². The Hall–Kier alpha value is -0.860. The van der Waals surface area contributed by atoms with Gasteiger partial charge in [-0.2, -0.15) is 0 Å². The number of ketones is 1. The van der Waals surface area contributed by atoms with Crippen LogP contribution in [0.25, 0.3) is 0 Å². The van der Waals surface area contributed by atoms with Gasteiger partial charge < -0.3 is 5.21 Å². The summed E-state index contributed by atoms with van der Waals surface area (Å²) in [6.07, 6.45) is 5.63. The second kappa shape index (κ2) is 3.48. The predicted octanol–water partition coefficient (Wildman–Crippen LogP) is 1.99. The van der Waals surface area contributed by atoms with Crippen LogP contribution in [0.4, 0.5) is 0 Å². The molecule has 3 nitrogen and oxygen atoms in total. The third-order valence-corrected chi connectivity index (χ3v) is 3.34. The molecule has 0 saturated heterocycles. The lowest BCUT2D eigenvalue weighted by Gasteiger charge is -2.34. The largest absolute Gasteiger partial charge is 0.411 e. The number of fused-ring (bicyclic) bond motifs is 1. The highest BCUT2D eigenvalue weighted by molar-refractivity contribution is 5.94. The van der Waals surface area contributed by atoms with Crippen LogP contribution in [0.1, 0.15) is 38.5 Å². The fourth-order valence-corrected chi connectivity index (χ4v) is 2.68. The molecule has 2 aliphatic rings. The highest BCUT2D eigenvalue weighted by atomic mass is 16.4. The zero-order valence-corrected chi connectivity index (χ0v) is 7.70. The summed E-state index contributed by atoms with van der Waals surface area (Å²) < 4.78 is 0. The van der Waals surface area contributed by atoms with Gasteiger partial charge in [0.1, 0.15) is 5.78 Å². The van der Waals surface area contributed by atoms with Crippen molar-refractivity contribution in [1.82, 2.24) is 0 Å². The minimum atomic E-state index is 0.174. The Bertz CT molecular complexity index is 247. The fraction of sp³-hybridized carbons (Fsp3) is 0.800. The van der Waals surface area contributed by atoms with Gasteiger partial charge in [0.15, 0.2) is 0 Å². The first-order valence-electron chi connectivity index (χ1n) is 5.06. The number of Topliss-reactive ketones (excluding diaryl/α,β-unsaturated/α-hetero) is 1. The van der Waals surface area contributed by atoms with Gasteiger partial charge in [0, 0.05) is 18.3 Å². The highest BCUT2D eigenvalue weighted by Crippen LogP contribution is 2.36. The maximum absolute atomic E-state index is 11.6. The van der Waals surface area contributed by atoms with Gasteiger partial charge in [-0.3, -0.25) is 4.79 Å². The van der Waals surface area contributed by atoms with Gasteiger partial charge >= 0.3 is 0 Å². The molecule has 2 atom stereocenters. The van der Waals surface area contributed by atoms with Crippen LogP contribution in [-0.4, -0.2) is 16.7 Å². The third-order valence-electron chi connectivity index (χ3n) is 3.34. The van der Waals surface area contributed by atoms with Crippen LogP contribution in [-0.2, 0) is 4.79 Å². The second-order valence-electron chi connectivity index (χ2n) is 4.06. The van der Waals surface area contributed by atoms with Crippen molar-refractivity contribution in [3.8, 4) is 0 Å². The summed E-state index contributed by atoms with van der Waals surface area (Å²) >= 11 is 0. The SMILES string of the molecule is O=C1CCC[C@H]2/C(=N\O)CCC[C@H]12. The molecule has 0 aromatic rings. The average Bonchev–Trinajstić information content (AvgIpc) is 2.18. The Kier molecular flexibility index (Phi) is 2.34. The Labute approximate surface area is 77.8 Å². The van der Waals surface area contributed by atoms with E-state index in [1.807, 2.05) is 0 Å². The summed E-state index contributed by atoms with van der Waals surface area (Å²) in [6, 6.07) is 0. The standard InChI is InChI=1S/C10H15NO2/c12-10-6-2-3-7-8(10)4-1-5-9(7)11-13/h7-8,13H,1-6H2/b11-9-/t7-,8+/m1/s1. The molecule has 2 rings (SSSR count). The predicted molar refractivity (Wildman–Crippen MR) is 48.9 cm³/mol. The summed E-state index contributed by atoms with van der Waals surface area (Å²) in [5.41, 5.74) is 0.865. The zero-order valence-electron chi connectivity index (χ0n) is 7.70. The first-order valence-corrected chi connectivity index (χ1v) is 5.06. The van der Waals surface area contributed by atoms with Crippen molar-refractivity contribution in [2.45, 2.75) is 38.5 Å². The molecule has 2 saturated carbocycles. The number of carbonyl (C=O) groups is 1. The van der Waals surface area contributed by atoms with E-state index >= 15 is 0 Å². The molecule has 0 bridgehead atoms. The maximum Gasteiger partial charge on any atom is 0.136 e. The van der Waals surface area contributed by atoms with Crippen LogP contribution in [0.3, 0.4) is 0 Å². The number of hydrogen-bond acceptors (Lipinski definition) is 3. The minimum Gasteiger partial charge on any atom is -0.411 e. The number of rotatable bonds is 0. The number of carbonyl (C=O) groups excluding carboxylic acids is 1. The number of oxime groups is 1. The molecule has 2 aliphatic carbocycles. The van der Waals surface area contributed by atoms with Gasteiger partial charge in [0.2, 0.25) is 0 Å². The van der Waals surface area contributed by atoms with Crippen LogP contribution < -0.4 is 0 Å². The minimum absolute atomic E-state index is 0.174. The van der Waals surface area contributed by atoms with Crippen molar-refractivity contribution in [1.29, 1.82) is 0 Å². The molecule has 0 spiro atoms. The van der Waals surface area contributed by atoms with E-state index < -0.39 is 0 Å². The average molecular weight is 181 g/mol. The van der Waals surface area contributed by atoms with E-state index in [0.717, 1.165) is 44.2 Å². The molecule has 0 unspecified atom stereocenters. The Morgan fingerprint density at radius 1 is 1.15 bits per heavy atom. The van der Waals surface area contributed by atoms with Crippen molar-refractivity contribution in [3.05, 3.63) is 0 Å². The van der Waals surface area contributed by atoms with Gasteiger partial charge in [-0.05, 0) is 32.1 Å². The molecule has 0 amide bonds. The topological polar surface area (TPSA) is 49.7 Å². The lowest BCUT2D eigenvalue weighted by atomic mass is 9.69. The van der Waals surface area contributed by atoms with E-state index in [0.29, 0.717) is 5.78 Å². The molecule has 0 heterocycles. The second-order valence-corrected chi connectivity index (χ2v) is 4.06. The molecule has 0 radical (unpaired) electrons. The summed E-state index contributed by atoms with van der Waals surface area (Å²) in [7, 11) is 0. The third kappa shape index (κ3) is 1.47. The maximum atomic E-state index is 11.6. The van der Waals surface area contributed by atoms with Crippen LogP contribution in [0.5, 0.6) is 0 Å². The van der Waals surface area contributed by atoms with Crippen molar-refractivity contribution >= 4 is 11.5 Å². The summed E-state index contributed by atoms with van der Waals surface area (Å²) in [4.78, 5) is 11.6. The molecule has 72 valence electrons. The monoisotopic (exact) mass is 181 g/mol. The molecule has 1 N–H and O–H groups in total. The van der Waals surface area contributed by atoms with Crippen LogP contribution in [0.2, 0.25) is 0 Å². The Balaban J connectivity index is 2.18. The number of nitrogens with zero attached hydrogens (tertiary/aromatic N) is 1.